The van der Waals surface area contributed by atoms with Crippen LogP contribution in [-0.2, 0) is 6.54 Å². The van der Waals surface area contributed by atoms with Crippen molar-refractivity contribution < 1.29 is 19.0 Å². The third kappa shape index (κ3) is 3.65. The minimum Gasteiger partial charge on any atom is -0.497 e. The van der Waals surface area contributed by atoms with E-state index in [1.54, 1.807) is 24.1 Å². The van der Waals surface area contributed by atoms with Crippen LogP contribution in [-0.4, -0.2) is 46.7 Å². The van der Waals surface area contributed by atoms with Crippen molar-refractivity contribution >= 4 is 32.3 Å². The van der Waals surface area contributed by atoms with E-state index < -0.39 is 5.60 Å². The fourth-order valence-electron chi connectivity index (χ4n) is 3.32. The summed E-state index contributed by atoms with van der Waals surface area (Å²) >= 11 is 1.50. The van der Waals surface area contributed by atoms with Crippen LogP contribution >= 0.6 is 11.3 Å². The maximum absolute atomic E-state index is 13.6. The SMILES string of the molecule is COc1cc(F)cc(CNc2cc3c(C(=O)N4CC(C)(O)C4)nccc3s2)c1. The number of pyridine rings is 1. The molecule has 28 heavy (non-hydrogen) atoms. The highest BCUT2D eigenvalue weighted by molar-refractivity contribution is 7.22. The van der Waals surface area contributed by atoms with Gasteiger partial charge in [-0.05, 0) is 36.8 Å². The normalized spacial score (nSPS) is 15.4. The smallest absolute Gasteiger partial charge is 0.273 e. The zero-order chi connectivity index (χ0) is 19.9. The molecule has 1 fully saturated rings. The van der Waals surface area contributed by atoms with Crippen molar-refractivity contribution in [2.45, 2.75) is 19.1 Å². The van der Waals surface area contributed by atoms with Crippen molar-refractivity contribution in [2.75, 3.05) is 25.5 Å². The van der Waals surface area contributed by atoms with Gasteiger partial charge >= 0.3 is 0 Å². The molecule has 3 heterocycles. The summed E-state index contributed by atoms with van der Waals surface area (Å²) in [6, 6.07) is 8.30. The number of fused-ring (bicyclic) bond motifs is 1. The number of anilines is 1. The summed E-state index contributed by atoms with van der Waals surface area (Å²) in [5.41, 5.74) is 0.313. The Morgan fingerprint density at radius 1 is 1.39 bits per heavy atom. The van der Waals surface area contributed by atoms with Gasteiger partial charge in [0.1, 0.15) is 17.3 Å². The molecule has 146 valence electrons. The molecule has 0 aliphatic carbocycles. The van der Waals surface area contributed by atoms with Crippen LogP contribution < -0.4 is 10.1 Å². The molecule has 6 nitrogen and oxygen atoms in total. The van der Waals surface area contributed by atoms with Gasteiger partial charge in [0.15, 0.2) is 0 Å². The van der Waals surface area contributed by atoms with E-state index in [0.29, 0.717) is 31.1 Å². The van der Waals surface area contributed by atoms with Crippen molar-refractivity contribution in [1.29, 1.82) is 0 Å². The quantitative estimate of drug-likeness (QED) is 0.686. The van der Waals surface area contributed by atoms with Crippen LogP contribution in [0, 0.1) is 5.82 Å². The molecule has 3 aromatic rings. The highest BCUT2D eigenvalue weighted by atomic mass is 32.1. The maximum Gasteiger partial charge on any atom is 0.273 e. The molecular formula is C20H20FN3O3S. The van der Waals surface area contributed by atoms with Gasteiger partial charge in [-0.1, -0.05) is 0 Å². The van der Waals surface area contributed by atoms with Crippen molar-refractivity contribution in [3.63, 3.8) is 0 Å². The van der Waals surface area contributed by atoms with Crippen LogP contribution in [0.5, 0.6) is 5.75 Å². The molecule has 0 unspecified atom stereocenters. The third-order valence-corrected chi connectivity index (χ3v) is 5.69. The lowest BCUT2D eigenvalue weighted by Gasteiger charge is -2.43. The molecule has 1 saturated heterocycles. The molecule has 1 aromatic carbocycles. The molecule has 4 rings (SSSR count). The van der Waals surface area contributed by atoms with Crippen LogP contribution in [0.2, 0.25) is 0 Å². The molecule has 0 atom stereocenters. The molecule has 0 saturated carbocycles. The number of nitrogens with zero attached hydrogens (tertiary/aromatic N) is 2. The minimum atomic E-state index is -0.822. The lowest BCUT2D eigenvalue weighted by atomic mass is 9.96. The van der Waals surface area contributed by atoms with Gasteiger partial charge in [0.2, 0.25) is 0 Å². The first-order valence-electron chi connectivity index (χ1n) is 8.82. The molecule has 0 spiro atoms. The van der Waals surface area contributed by atoms with Crippen molar-refractivity contribution in [2.24, 2.45) is 0 Å². The number of carbonyl (C=O) groups is 1. The fraction of sp³-hybridized carbons (Fsp3) is 0.300. The first-order valence-corrected chi connectivity index (χ1v) is 9.64. The van der Waals surface area contributed by atoms with Gasteiger partial charge in [-0.2, -0.15) is 0 Å². The number of hydrogen-bond acceptors (Lipinski definition) is 6. The van der Waals surface area contributed by atoms with Crippen LogP contribution in [0.1, 0.15) is 23.0 Å². The Kier molecular flexibility index (Phi) is 4.68. The lowest BCUT2D eigenvalue weighted by molar-refractivity contribution is -0.0669. The van der Waals surface area contributed by atoms with Gasteiger partial charge < -0.3 is 20.1 Å². The van der Waals surface area contributed by atoms with Crippen LogP contribution in [0.25, 0.3) is 10.1 Å². The first-order chi connectivity index (χ1) is 13.3. The van der Waals surface area contributed by atoms with E-state index in [1.165, 1.54) is 30.6 Å². The van der Waals surface area contributed by atoms with Crippen molar-refractivity contribution in [1.82, 2.24) is 9.88 Å². The Balaban J connectivity index is 1.54. The Labute approximate surface area is 165 Å². The third-order valence-electron chi connectivity index (χ3n) is 4.63. The summed E-state index contributed by atoms with van der Waals surface area (Å²) in [7, 11) is 1.50. The second-order valence-electron chi connectivity index (χ2n) is 7.19. The topological polar surface area (TPSA) is 74.7 Å². The number of carbonyl (C=O) groups excluding carboxylic acids is 1. The maximum atomic E-state index is 13.6. The van der Waals surface area contributed by atoms with Gasteiger partial charge in [0.05, 0.1) is 30.8 Å². The number of aromatic nitrogens is 1. The molecule has 0 radical (unpaired) electrons. The van der Waals surface area contributed by atoms with Crippen LogP contribution in [0.4, 0.5) is 9.39 Å². The van der Waals surface area contributed by atoms with E-state index in [0.717, 1.165) is 20.7 Å². The van der Waals surface area contributed by atoms with Gasteiger partial charge in [-0.3, -0.25) is 9.78 Å². The van der Waals surface area contributed by atoms with Gasteiger partial charge in [0.25, 0.3) is 5.91 Å². The molecule has 1 amide bonds. The van der Waals surface area contributed by atoms with Gasteiger partial charge in [-0.15, -0.1) is 11.3 Å². The Bertz CT molecular complexity index is 1040. The molecule has 2 aromatic heterocycles. The summed E-state index contributed by atoms with van der Waals surface area (Å²) < 4.78 is 19.7. The molecule has 1 aliphatic heterocycles. The number of ether oxygens (including phenoxy) is 1. The van der Waals surface area contributed by atoms with E-state index in [9.17, 15) is 14.3 Å². The summed E-state index contributed by atoms with van der Waals surface area (Å²) in [6.07, 6.45) is 1.62. The zero-order valence-electron chi connectivity index (χ0n) is 15.5. The molecular weight excluding hydrogens is 381 g/mol. The lowest BCUT2D eigenvalue weighted by Crippen LogP contribution is -2.61. The number of likely N-dealkylation sites (tertiary alicyclic amines) is 1. The second kappa shape index (κ2) is 7.03. The number of nitrogens with one attached hydrogen (secondary N) is 1. The average molecular weight is 401 g/mol. The Morgan fingerprint density at radius 2 is 2.18 bits per heavy atom. The zero-order valence-corrected chi connectivity index (χ0v) is 16.3. The van der Waals surface area contributed by atoms with E-state index in [4.69, 9.17) is 4.74 Å². The first kappa shape index (κ1) is 18.6. The summed E-state index contributed by atoms with van der Waals surface area (Å²) in [6.45, 7) is 2.74. The minimum absolute atomic E-state index is 0.184. The monoisotopic (exact) mass is 401 g/mol. The number of β-amino-alcohol motifs (C(OH)–C–C–N with tert-alkyl or cyclic N) is 1. The van der Waals surface area contributed by atoms with E-state index in [2.05, 4.69) is 10.3 Å². The molecule has 0 bridgehead atoms. The number of hydrogen-bond donors (Lipinski definition) is 2. The van der Waals surface area contributed by atoms with E-state index >= 15 is 0 Å². The van der Waals surface area contributed by atoms with Crippen LogP contribution in [0.15, 0.2) is 36.5 Å². The van der Waals surface area contributed by atoms with Gasteiger partial charge in [-0.25, -0.2) is 4.39 Å². The predicted octanol–water partition coefficient (Wildman–Crippen LogP) is 3.26. The van der Waals surface area contributed by atoms with Crippen molar-refractivity contribution in [3.05, 3.63) is 53.6 Å². The Morgan fingerprint density at radius 3 is 2.89 bits per heavy atom. The van der Waals surface area contributed by atoms with Crippen LogP contribution in [0.3, 0.4) is 0 Å². The number of halogens is 1. The number of thiophene rings is 1. The fourth-order valence-corrected chi connectivity index (χ4v) is 4.27. The standard InChI is InChI=1S/C20H20FN3O3S/c1-20(26)10-24(11-20)19(25)18-15-8-17(28-16(15)3-4-22-18)23-9-12-5-13(21)7-14(6-12)27-2/h3-8,23,26H,9-11H2,1-2H3. The van der Waals surface area contributed by atoms with Gasteiger partial charge in [0, 0.05) is 28.9 Å². The number of amides is 1. The predicted molar refractivity (Wildman–Crippen MR) is 106 cm³/mol. The number of aliphatic hydroxyl groups is 1. The molecule has 8 heteroatoms. The highest BCUT2D eigenvalue weighted by Gasteiger charge is 2.40. The molecule has 1 aliphatic rings. The second-order valence-corrected chi connectivity index (χ2v) is 8.28. The largest absolute Gasteiger partial charge is 0.497 e. The number of methoxy groups -OCH3 is 1. The van der Waals surface area contributed by atoms with E-state index in [-0.39, 0.29) is 11.7 Å². The Hall–Kier alpha value is -2.71. The number of benzene rings is 1. The highest BCUT2D eigenvalue weighted by Crippen LogP contribution is 2.33. The molecule has 2 N–H and O–H groups in total. The summed E-state index contributed by atoms with van der Waals surface area (Å²) in [5, 5.41) is 14.8. The average Bonchev–Trinajstić information content (AvgIpc) is 3.06. The van der Waals surface area contributed by atoms with Crippen molar-refractivity contribution in [3.8, 4) is 5.75 Å². The summed E-state index contributed by atoms with van der Waals surface area (Å²) in [4.78, 5) is 18.6. The van der Waals surface area contributed by atoms with E-state index in [1.807, 2.05) is 12.1 Å². The number of rotatable bonds is 5. The summed E-state index contributed by atoms with van der Waals surface area (Å²) in [5.74, 6) is -0.0676.